The fraction of sp³-hybridized carbons (Fsp3) is 0.105. The Morgan fingerprint density at radius 3 is 2.75 bits per heavy atom. The summed E-state index contributed by atoms with van der Waals surface area (Å²) in [6.07, 6.45) is 6.81. The number of rotatable bonds is 6. The number of nitrogens with zero attached hydrogens (tertiary/aromatic N) is 4. The standard InChI is InChI=1S/C19H15Cl2N5O2/c20-16-4-2-13(8-17(16)21)10-26-11-14(9-23-26)24-19(27)18-5-3-15(28-18)12-25-7-1-6-22-25/h1-9,11H,10,12H2,(H,24,27). The molecule has 0 saturated heterocycles. The van der Waals surface area contributed by atoms with Gasteiger partial charge in [0.2, 0.25) is 0 Å². The van der Waals surface area contributed by atoms with E-state index in [2.05, 4.69) is 15.5 Å². The molecule has 0 unspecified atom stereocenters. The third-order valence-electron chi connectivity index (χ3n) is 3.98. The number of carbonyl (C=O) groups is 1. The molecule has 0 radical (unpaired) electrons. The summed E-state index contributed by atoms with van der Waals surface area (Å²) in [5, 5.41) is 12.1. The van der Waals surface area contributed by atoms with E-state index in [0.29, 0.717) is 34.6 Å². The average molecular weight is 416 g/mol. The van der Waals surface area contributed by atoms with E-state index in [4.69, 9.17) is 27.6 Å². The summed E-state index contributed by atoms with van der Waals surface area (Å²) in [6.45, 7) is 0.962. The maximum absolute atomic E-state index is 12.4. The van der Waals surface area contributed by atoms with Crippen LogP contribution in [-0.2, 0) is 13.1 Å². The predicted molar refractivity (Wildman–Crippen MR) is 106 cm³/mol. The molecule has 0 saturated carbocycles. The fourth-order valence-corrected chi connectivity index (χ4v) is 2.99. The first-order valence-corrected chi connectivity index (χ1v) is 9.16. The molecular weight excluding hydrogens is 401 g/mol. The maximum atomic E-state index is 12.4. The van der Waals surface area contributed by atoms with E-state index < -0.39 is 0 Å². The molecule has 1 aromatic carbocycles. The number of nitrogens with one attached hydrogen (secondary N) is 1. The minimum Gasteiger partial charge on any atom is -0.454 e. The van der Waals surface area contributed by atoms with Crippen LogP contribution in [-0.4, -0.2) is 25.5 Å². The van der Waals surface area contributed by atoms with E-state index in [1.807, 2.05) is 18.3 Å². The highest BCUT2D eigenvalue weighted by Gasteiger charge is 2.13. The molecule has 9 heteroatoms. The van der Waals surface area contributed by atoms with Crippen molar-refractivity contribution in [2.24, 2.45) is 0 Å². The van der Waals surface area contributed by atoms with Crippen LogP contribution < -0.4 is 5.32 Å². The molecule has 0 atom stereocenters. The summed E-state index contributed by atoms with van der Waals surface area (Å²) in [4.78, 5) is 12.4. The summed E-state index contributed by atoms with van der Waals surface area (Å²) in [6, 6.07) is 10.6. The zero-order valence-electron chi connectivity index (χ0n) is 14.5. The quantitative estimate of drug-likeness (QED) is 0.508. The third-order valence-corrected chi connectivity index (χ3v) is 4.72. The molecular formula is C19H15Cl2N5O2. The van der Waals surface area contributed by atoms with Crippen molar-refractivity contribution >= 4 is 34.8 Å². The smallest absolute Gasteiger partial charge is 0.291 e. The summed E-state index contributed by atoms with van der Waals surface area (Å²) in [5.41, 5.74) is 1.51. The van der Waals surface area contributed by atoms with E-state index in [9.17, 15) is 4.79 Å². The molecule has 1 amide bonds. The molecule has 0 aliphatic heterocycles. The lowest BCUT2D eigenvalue weighted by Gasteiger charge is -2.03. The van der Waals surface area contributed by atoms with Gasteiger partial charge in [0.25, 0.3) is 5.91 Å². The van der Waals surface area contributed by atoms with Gasteiger partial charge in [-0.15, -0.1) is 0 Å². The predicted octanol–water partition coefficient (Wildman–Crippen LogP) is 4.33. The molecule has 0 aliphatic carbocycles. The Kier molecular flexibility index (Phi) is 5.18. The molecule has 3 heterocycles. The number of amides is 1. The van der Waals surface area contributed by atoms with Crippen LogP contribution in [0, 0.1) is 0 Å². The maximum Gasteiger partial charge on any atom is 0.291 e. The highest BCUT2D eigenvalue weighted by Crippen LogP contribution is 2.23. The molecule has 0 bridgehead atoms. The summed E-state index contributed by atoms with van der Waals surface area (Å²) >= 11 is 12.0. The Hall–Kier alpha value is -3.03. The van der Waals surface area contributed by atoms with Gasteiger partial charge in [-0.1, -0.05) is 29.3 Å². The number of hydrogen-bond donors (Lipinski definition) is 1. The Labute approximate surface area is 170 Å². The van der Waals surface area contributed by atoms with E-state index >= 15 is 0 Å². The molecule has 4 rings (SSSR count). The number of anilines is 1. The molecule has 28 heavy (non-hydrogen) atoms. The minimum absolute atomic E-state index is 0.222. The summed E-state index contributed by atoms with van der Waals surface area (Å²) in [7, 11) is 0. The first-order chi connectivity index (χ1) is 13.6. The number of halogens is 2. The normalized spacial score (nSPS) is 10.9. The highest BCUT2D eigenvalue weighted by atomic mass is 35.5. The topological polar surface area (TPSA) is 77.9 Å². The lowest BCUT2D eigenvalue weighted by atomic mass is 10.2. The third kappa shape index (κ3) is 4.27. The van der Waals surface area contributed by atoms with Gasteiger partial charge >= 0.3 is 0 Å². The van der Waals surface area contributed by atoms with Gasteiger partial charge in [0.05, 0.1) is 35.0 Å². The monoisotopic (exact) mass is 415 g/mol. The summed E-state index contributed by atoms with van der Waals surface area (Å²) in [5.74, 6) is 0.518. The number of benzene rings is 1. The molecule has 142 valence electrons. The molecule has 3 aromatic heterocycles. The lowest BCUT2D eigenvalue weighted by Crippen LogP contribution is -2.10. The van der Waals surface area contributed by atoms with Crippen molar-refractivity contribution < 1.29 is 9.21 Å². The van der Waals surface area contributed by atoms with E-state index in [1.54, 1.807) is 52.2 Å². The van der Waals surface area contributed by atoms with Gasteiger partial charge in [-0.05, 0) is 35.9 Å². The van der Waals surface area contributed by atoms with Crippen molar-refractivity contribution in [3.63, 3.8) is 0 Å². The van der Waals surface area contributed by atoms with Crippen molar-refractivity contribution in [2.45, 2.75) is 13.1 Å². The zero-order chi connectivity index (χ0) is 19.5. The van der Waals surface area contributed by atoms with Gasteiger partial charge < -0.3 is 9.73 Å². The fourth-order valence-electron chi connectivity index (χ4n) is 2.67. The zero-order valence-corrected chi connectivity index (χ0v) is 16.1. The average Bonchev–Trinajstić information content (AvgIpc) is 3.41. The molecule has 0 fully saturated rings. The highest BCUT2D eigenvalue weighted by molar-refractivity contribution is 6.42. The van der Waals surface area contributed by atoms with Gasteiger partial charge in [0.15, 0.2) is 5.76 Å². The van der Waals surface area contributed by atoms with E-state index in [1.165, 1.54) is 0 Å². The van der Waals surface area contributed by atoms with Crippen LogP contribution >= 0.6 is 23.2 Å². The first kappa shape index (κ1) is 18.3. The van der Waals surface area contributed by atoms with Crippen LogP contribution in [0.2, 0.25) is 10.0 Å². The Morgan fingerprint density at radius 1 is 1.07 bits per heavy atom. The Balaban J connectivity index is 1.38. The second-order valence-corrected chi connectivity index (χ2v) is 6.91. The van der Waals surface area contributed by atoms with Gasteiger partial charge in [-0.2, -0.15) is 10.2 Å². The lowest BCUT2D eigenvalue weighted by molar-refractivity contribution is 0.0994. The van der Waals surface area contributed by atoms with E-state index in [0.717, 1.165) is 5.56 Å². The number of aromatic nitrogens is 4. The van der Waals surface area contributed by atoms with Gasteiger partial charge in [-0.3, -0.25) is 14.2 Å². The Morgan fingerprint density at radius 2 is 1.96 bits per heavy atom. The van der Waals surface area contributed by atoms with Crippen molar-refractivity contribution in [1.82, 2.24) is 19.6 Å². The van der Waals surface area contributed by atoms with E-state index in [-0.39, 0.29) is 11.7 Å². The minimum atomic E-state index is -0.346. The number of hydrogen-bond acceptors (Lipinski definition) is 4. The Bertz CT molecular complexity index is 1100. The molecule has 7 nitrogen and oxygen atoms in total. The van der Waals surface area contributed by atoms with Crippen LogP contribution in [0.15, 0.2) is 65.6 Å². The number of carbonyl (C=O) groups excluding carboxylic acids is 1. The van der Waals surface area contributed by atoms with Crippen LogP contribution in [0.3, 0.4) is 0 Å². The van der Waals surface area contributed by atoms with Crippen LogP contribution in [0.1, 0.15) is 21.9 Å². The van der Waals surface area contributed by atoms with Gasteiger partial charge in [-0.25, -0.2) is 0 Å². The van der Waals surface area contributed by atoms with Crippen molar-refractivity contribution in [2.75, 3.05) is 5.32 Å². The summed E-state index contributed by atoms with van der Waals surface area (Å²) < 4.78 is 9.00. The van der Waals surface area contributed by atoms with Crippen LogP contribution in [0.5, 0.6) is 0 Å². The SMILES string of the molecule is O=C(Nc1cnn(Cc2ccc(Cl)c(Cl)c2)c1)c1ccc(Cn2cccn2)o1. The first-order valence-electron chi connectivity index (χ1n) is 8.41. The van der Waals surface area contributed by atoms with Gasteiger partial charge in [0, 0.05) is 18.6 Å². The second-order valence-electron chi connectivity index (χ2n) is 6.10. The molecule has 0 spiro atoms. The molecule has 4 aromatic rings. The van der Waals surface area contributed by atoms with Gasteiger partial charge in [0.1, 0.15) is 5.76 Å². The second kappa shape index (κ2) is 7.92. The largest absolute Gasteiger partial charge is 0.454 e. The molecule has 1 N–H and O–H groups in total. The molecule has 0 aliphatic rings. The van der Waals surface area contributed by atoms with Crippen molar-refractivity contribution in [3.05, 3.63) is 88.3 Å². The van der Waals surface area contributed by atoms with Crippen molar-refractivity contribution in [1.29, 1.82) is 0 Å². The number of furan rings is 1. The van der Waals surface area contributed by atoms with Crippen LogP contribution in [0.4, 0.5) is 5.69 Å². The van der Waals surface area contributed by atoms with Crippen molar-refractivity contribution in [3.8, 4) is 0 Å². The van der Waals surface area contributed by atoms with Crippen LogP contribution in [0.25, 0.3) is 0 Å².